The van der Waals surface area contributed by atoms with E-state index in [1.807, 2.05) is 50.5 Å². The van der Waals surface area contributed by atoms with Crippen LogP contribution >= 0.6 is 34.8 Å². The number of hydrogen-bond donors (Lipinski definition) is 1. The summed E-state index contributed by atoms with van der Waals surface area (Å²) in [5.74, 6) is 0.959. The molecule has 0 spiro atoms. The van der Waals surface area contributed by atoms with Gasteiger partial charge in [-0.15, -0.1) is 0 Å². The predicted molar refractivity (Wildman–Crippen MR) is 114 cm³/mol. The summed E-state index contributed by atoms with van der Waals surface area (Å²) in [7, 11) is 4.06. The van der Waals surface area contributed by atoms with Crippen molar-refractivity contribution in [1.29, 1.82) is 0 Å². The first-order chi connectivity index (χ1) is 12.8. The number of hydrogen-bond acceptors (Lipinski definition) is 5. The highest BCUT2D eigenvalue weighted by molar-refractivity contribution is 6.66. The van der Waals surface area contributed by atoms with Crippen LogP contribution in [0.4, 0.5) is 5.95 Å². The largest absolute Gasteiger partial charge is 0.354 e. The van der Waals surface area contributed by atoms with Crippen LogP contribution in [-0.4, -0.2) is 47.0 Å². The number of anilines is 1. The number of halogens is 3. The van der Waals surface area contributed by atoms with E-state index >= 15 is 0 Å². The fourth-order valence-corrected chi connectivity index (χ4v) is 2.89. The fourth-order valence-electron chi connectivity index (χ4n) is 2.63. The number of nitrogens with one attached hydrogen (secondary N) is 1. The Balaban J connectivity index is 1.93. The Kier molecular flexibility index (Phi) is 6.37. The standard InChI is InChI=1S/C19H20Cl3N5/c1-27(2)11-5-10-23-18-25-16(24-17(26-18)19(20,21)22)15-9-8-13-6-3-4-7-14(13)12-15/h3-4,6-9,12H,5,10-11H2,1-2H3,(H,23,24,25,26). The van der Waals surface area contributed by atoms with Gasteiger partial charge in [-0.05, 0) is 43.9 Å². The van der Waals surface area contributed by atoms with Crippen molar-refractivity contribution in [2.24, 2.45) is 0 Å². The first-order valence-corrected chi connectivity index (χ1v) is 9.67. The molecule has 3 rings (SSSR count). The van der Waals surface area contributed by atoms with Gasteiger partial charge >= 0.3 is 0 Å². The molecule has 0 unspecified atom stereocenters. The van der Waals surface area contributed by atoms with E-state index < -0.39 is 3.79 Å². The Labute approximate surface area is 173 Å². The van der Waals surface area contributed by atoms with E-state index in [0.717, 1.165) is 29.3 Å². The molecule has 1 heterocycles. The van der Waals surface area contributed by atoms with Gasteiger partial charge in [-0.3, -0.25) is 0 Å². The van der Waals surface area contributed by atoms with Crippen LogP contribution in [0.25, 0.3) is 22.2 Å². The zero-order chi connectivity index (χ0) is 19.4. The lowest BCUT2D eigenvalue weighted by Gasteiger charge is -2.14. The average Bonchev–Trinajstić information content (AvgIpc) is 2.64. The van der Waals surface area contributed by atoms with Crippen molar-refractivity contribution in [2.75, 3.05) is 32.5 Å². The average molecular weight is 425 g/mol. The van der Waals surface area contributed by atoms with Crippen molar-refractivity contribution in [1.82, 2.24) is 19.9 Å². The first-order valence-electron chi connectivity index (χ1n) is 8.54. The van der Waals surface area contributed by atoms with Crippen LogP contribution in [0.15, 0.2) is 42.5 Å². The molecule has 0 aliphatic carbocycles. The molecular weight excluding hydrogens is 405 g/mol. The lowest BCUT2D eigenvalue weighted by atomic mass is 10.1. The van der Waals surface area contributed by atoms with Gasteiger partial charge in [0.05, 0.1) is 0 Å². The number of rotatable bonds is 6. The highest BCUT2D eigenvalue weighted by Gasteiger charge is 2.28. The molecule has 0 atom stereocenters. The van der Waals surface area contributed by atoms with Crippen LogP contribution in [0.2, 0.25) is 0 Å². The molecule has 0 fully saturated rings. The van der Waals surface area contributed by atoms with Crippen molar-refractivity contribution in [3.8, 4) is 11.4 Å². The Morgan fingerprint density at radius 2 is 1.70 bits per heavy atom. The van der Waals surface area contributed by atoms with Gasteiger partial charge in [0.25, 0.3) is 0 Å². The van der Waals surface area contributed by atoms with E-state index in [2.05, 4.69) is 31.2 Å². The second-order valence-corrected chi connectivity index (χ2v) is 8.73. The van der Waals surface area contributed by atoms with E-state index in [-0.39, 0.29) is 5.82 Å². The molecule has 5 nitrogen and oxygen atoms in total. The number of aromatic nitrogens is 3. The zero-order valence-electron chi connectivity index (χ0n) is 15.1. The molecule has 142 valence electrons. The van der Waals surface area contributed by atoms with Gasteiger partial charge in [0, 0.05) is 12.1 Å². The van der Waals surface area contributed by atoms with E-state index in [1.54, 1.807) is 0 Å². The third-order valence-electron chi connectivity index (χ3n) is 3.96. The summed E-state index contributed by atoms with van der Waals surface area (Å²) in [6.07, 6.45) is 0.938. The van der Waals surface area contributed by atoms with E-state index in [0.29, 0.717) is 18.3 Å². The molecule has 2 aromatic carbocycles. The summed E-state index contributed by atoms with van der Waals surface area (Å²) in [6.45, 7) is 1.66. The van der Waals surface area contributed by atoms with Crippen LogP contribution in [0.3, 0.4) is 0 Å². The summed E-state index contributed by atoms with van der Waals surface area (Å²) < 4.78 is -1.73. The van der Waals surface area contributed by atoms with E-state index in [4.69, 9.17) is 34.8 Å². The number of nitrogens with zero attached hydrogens (tertiary/aromatic N) is 4. The Morgan fingerprint density at radius 1 is 0.963 bits per heavy atom. The predicted octanol–water partition coefficient (Wildman–Crippen LogP) is 4.88. The number of alkyl halides is 3. The van der Waals surface area contributed by atoms with Crippen LogP contribution in [0, 0.1) is 0 Å². The Bertz CT molecular complexity index is 925. The van der Waals surface area contributed by atoms with Gasteiger partial charge in [0.15, 0.2) is 11.6 Å². The van der Waals surface area contributed by atoms with Crippen molar-refractivity contribution >= 4 is 51.5 Å². The number of benzene rings is 2. The van der Waals surface area contributed by atoms with Crippen molar-refractivity contribution < 1.29 is 0 Å². The van der Waals surface area contributed by atoms with Crippen molar-refractivity contribution in [2.45, 2.75) is 10.2 Å². The lowest BCUT2D eigenvalue weighted by molar-refractivity contribution is 0.405. The van der Waals surface area contributed by atoms with E-state index in [1.165, 1.54) is 0 Å². The molecule has 0 aliphatic rings. The van der Waals surface area contributed by atoms with Gasteiger partial charge in [0.1, 0.15) is 0 Å². The zero-order valence-corrected chi connectivity index (χ0v) is 17.4. The quantitative estimate of drug-likeness (QED) is 0.451. The molecule has 3 aromatic rings. The Morgan fingerprint density at radius 3 is 2.41 bits per heavy atom. The van der Waals surface area contributed by atoms with Gasteiger partial charge < -0.3 is 10.2 Å². The molecule has 0 bridgehead atoms. The summed E-state index contributed by atoms with van der Waals surface area (Å²) in [6, 6.07) is 14.1. The topological polar surface area (TPSA) is 53.9 Å². The molecule has 0 saturated carbocycles. The molecular formula is C19H20Cl3N5. The van der Waals surface area contributed by atoms with Crippen LogP contribution < -0.4 is 5.32 Å². The van der Waals surface area contributed by atoms with Crippen molar-refractivity contribution in [3.05, 3.63) is 48.3 Å². The third kappa shape index (κ3) is 5.42. The second kappa shape index (κ2) is 8.57. The minimum absolute atomic E-state index is 0.0979. The number of fused-ring (bicyclic) bond motifs is 1. The van der Waals surface area contributed by atoms with Crippen LogP contribution in [0.1, 0.15) is 12.2 Å². The SMILES string of the molecule is CN(C)CCCNc1nc(-c2ccc3ccccc3c2)nc(C(Cl)(Cl)Cl)n1. The monoisotopic (exact) mass is 423 g/mol. The maximum absolute atomic E-state index is 6.03. The molecule has 8 heteroatoms. The van der Waals surface area contributed by atoms with Crippen molar-refractivity contribution in [3.63, 3.8) is 0 Å². The van der Waals surface area contributed by atoms with Crippen LogP contribution in [0.5, 0.6) is 0 Å². The molecule has 0 radical (unpaired) electrons. The molecule has 1 N–H and O–H groups in total. The summed E-state index contributed by atoms with van der Waals surface area (Å²) in [5.41, 5.74) is 0.836. The minimum Gasteiger partial charge on any atom is -0.354 e. The highest BCUT2D eigenvalue weighted by atomic mass is 35.6. The second-order valence-electron chi connectivity index (χ2n) is 6.45. The van der Waals surface area contributed by atoms with Gasteiger partial charge in [0.2, 0.25) is 9.74 Å². The molecule has 0 amide bonds. The molecule has 0 saturated heterocycles. The maximum atomic E-state index is 6.03. The van der Waals surface area contributed by atoms with E-state index in [9.17, 15) is 0 Å². The lowest BCUT2D eigenvalue weighted by Crippen LogP contribution is -2.18. The molecule has 27 heavy (non-hydrogen) atoms. The normalized spacial score (nSPS) is 11.9. The van der Waals surface area contributed by atoms with Crippen LogP contribution in [-0.2, 0) is 3.79 Å². The fraction of sp³-hybridized carbons (Fsp3) is 0.316. The Hall–Kier alpha value is -1.66. The summed E-state index contributed by atoms with van der Waals surface area (Å²) >= 11 is 18.1. The molecule has 1 aromatic heterocycles. The molecule has 0 aliphatic heterocycles. The first kappa shape index (κ1) is 20.1. The minimum atomic E-state index is -1.73. The van der Waals surface area contributed by atoms with Gasteiger partial charge in [-0.1, -0.05) is 71.2 Å². The summed E-state index contributed by atoms with van der Waals surface area (Å²) in [4.78, 5) is 15.3. The van der Waals surface area contributed by atoms with Gasteiger partial charge in [-0.25, -0.2) is 4.98 Å². The third-order valence-corrected chi connectivity index (χ3v) is 4.47. The highest BCUT2D eigenvalue weighted by Crippen LogP contribution is 2.37. The van der Waals surface area contributed by atoms with Gasteiger partial charge in [-0.2, -0.15) is 9.97 Å². The summed E-state index contributed by atoms with van der Waals surface area (Å²) in [5, 5.41) is 5.42. The smallest absolute Gasteiger partial charge is 0.250 e. The maximum Gasteiger partial charge on any atom is 0.250 e.